The van der Waals surface area contributed by atoms with Crippen molar-refractivity contribution in [1.82, 2.24) is 4.98 Å². The van der Waals surface area contributed by atoms with Gasteiger partial charge in [0.2, 0.25) is 5.56 Å². The Hall–Kier alpha value is -1.43. The molecular weight excluding hydrogens is 218 g/mol. The van der Waals surface area contributed by atoms with E-state index in [1.165, 1.54) is 0 Å². The molecule has 3 N–H and O–H groups in total. The standard InChI is InChI=1S/C7H5ClF2N2O2/c8-5-4(7(11)14)2(6(9)10)1-3(13)12-5/h1,6H,(H2,11,14)(H,12,13). The van der Waals surface area contributed by atoms with Gasteiger partial charge in [0.25, 0.3) is 12.3 Å². The zero-order valence-corrected chi connectivity index (χ0v) is 7.44. The molecule has 1 rings (SSSR count). The number of halogens is 3. The highest BCUT2D eigenvalue weighted by Gasteiger charge is 2.20. The molecule has 0 unspecified atom stereocenters. The second kappa shape index (κ2) is 3.75. The molecule has 76 valence electrons. The Bertz CT molecular complexity index is 430. The molecule has 0 saturated heterocycles. The topological polar surface area (TPSA) is 76.0 Å². The van der Waals surface area contributed by atoms with Gasteiger partial charge in [-0.2, -0.15) is 0 Å². The molecule has 1 aromatic rings. The Morgan fingerprint density at radius 1 is 1.57 bits per heavy atom. The van der Waals surface area contributed by atoms with Crippen LogP contribution in [0.4, 0.5) is 8.78 Å². The lowest BCUT2D eigenvalue weighted by Gasteiger charge is -2.05. The number of nitrogens with one attached hydrogen (secondary N) is 1. The Balaban J connectivity index is 3.52. The minimum atomic E-state index is -2.97. The summed E-state index contributed by atoms with van der Waals surface area (Å²) in [5, 5.41) is -0.472. The predicted octanol–water partition coefficient (Wildman–Crippen LogP) is 1.06. The third-order valence-corrected chi connectivity index (χ3v) is 1.79. The Morgan fingerprint density at radius 3 is 2.57 bits per heavy atom. The highest BCUT2D eigenvalue weighted by Crippen LogP contribution is 2.24. The van der Waals surface area contributed by atoms with E-state index in [-0.39, 0.29) is 0 Å². The number of H-pyrrole nitrogens is 1. The first-order valence-corrected chi connectivity index (χ1v) is 3.82. The summed E-state index contributed by atoms with van der Waals surface area (Å²) >= 11 is 5.38. The number of alkyl halides is 2. The molecule has 0 radical (unpaired) electrons. The van der Waals surface area contributed by atoms with E-state index < -0.39 is 34.2 Å². The van der Waals surface area contributed by atoms with Gasteiger partial charge in [-0.1, -0.05) is 11.6 Å². The van der Waals surface area contributed by atoms with Gasteiger partial charge in [0.1, 0.15) is 5.15 Å². The molecule has 1 heterocycles. The zero-order valence-electron chi connectivity index (χ0n) is 6.68. The molecule has 0 atom stereocenters. The fourth-order valence-corrected chi connectivity index (χ4v) is 1.26. The van der Waals surface area contributed by atoms with Gasteiger partial charge in [0, 0.05) is 11.6 Å². The molecule has 7 heteroatoms. The maximum absolute atomic E-state index is 12.3. The molecule has 0 bridgehead atoms. The Kier molecular flexibility index (Phi) is 2.85. The van der Waals surface area contributed by atoms with E-state index in [4.69, 9.17) is 17.3 Å². The van der Waals surface area contributed by atoms with Crippen LogP contribution in [0.25, 0.3) is 0 Å². The van der Waals surface area contributed by atoms with E-state index in [2.05, 4.69) is 0 Å². The number of rotatable bonds is 2. The van der Waals surface area contributed by atoms with Crippen molar-refractivity contribution in [2.24, 2.45) is 5.73 Å². The highest BCUT2D eigenvalue weighted by molar-refractivity contribution is 6.32. The van der Waals surface area contributed by atoms with Crippen LogP contribution in [0.1, 0.15) is 22.3 Å². The summed E-state index contributed by atoms with van der Waals surface area (Å²) in [6, 6.07) is 0.594. The summed E-state index contributed by atoms with van der Waals surface area (Å²) in [7, 11) is 0. The average Bonchev–Trinajstić information content (AvgIpc) is 2.01. The molecular formula is C7H5ClF2N2O2. The summed E-state index contributed by atoms with van der Waals surface area (Å²) in [4.78, 5) is 23.5. The van der Waals surface area contributed by atoms with Gasteiger partial charge in [-0.15, -0.1) is 0 Å². The van der Waals surface area contributed by atoms with Crippen LogP contribution in [0.3, 0.4) is 0 Å². The maximum atomic E-state index is 12.3. The fraction of sp³-hybridized carbons (Fsp3) is 0.143. The number of carbonyl (C=O) groups is 1. The highest BCUT2D eigenvalue weighted by atomic mass is 35.5. The van der Waals surface area contributed by atoms with E-state index in [9.17, 15) is 18.4 Å². The van der Waals surface area contributed by atoms with Gasteiger partial charge in [-0.05, 0) is 0 Å². The number of amides is 1. The molecule has 0 aliphatic carbocycles. The number of pyridine rings is 1. The number of hydrogen-bond acceptors (Lipinski definition) is 2. The lowest BCUT2D eigenvalue weighted by atomic mass is 10.1. The summed E-state index contributed by atoms with van der Waals surface area (Å²) in [6.07, 6.45) is -2.97. The second-order valence-electron chi connectivity index (χ2n) is 2.44. The third kappa shape index (κ3) is 1.90. The Morgan fingerprint density at radius 2 is 2.14 bits per heavy atom. The molecule has 0 aliphatic heterocycles. The molecule has 1 amide bonds. The van der Waals surface area contributed by atoms with Crippen molar-refractivity contribution < 1.29 is 13.6 Å². The largest absolute Gasteiger partial charge is 0.365 e. The van der Waals surface area contributed by atoms with Gasteiger partial charge in [-0.3, -0.25) is 9.59 Å². The predicted molar refractivity (Wildman–Crippen MR) is 45.5 cm³/mol. The number of hydrogen-bond donors (Lipinski definition) is 2. The molecule has 14 heavy (non-hydrogen) atoms. The summed E-state index contributed by atoms with van der Waals surface area (Å²) in [6.45, 7) is 0. The zero-order chi connectivity index (χ0) is 10.9. The van der Waals surface area contributed by atoms with Crippen molar-refractivity contribution in [3.8, 4) is 0 Å². The van der Waals surface area contributed by atoms with Crippen LogP contribution in [0.15, 0.2) is 10.9 Å². The van der Waals surface area contributed by atoms with Crippen molar-refractivity contribution >= 4 is 17.5 Å². The van der Waals surface area contributed by atoms with Crippen LogP contribution in [-0.4, -0.2) is 10.9 Å². The number of aromatic amines is 1. The van der Waals surface area contributed by atoms with E-state index in [0.717, 1.165) is 0 Å². The van der Waals surface area contributed by atoms with E-state index in [1.807, 2.05) is 4.98 Å². The average molecular weight is 223 g/mol. The molecule has 0 spiro atoms. The first-order chi connectivity index (χ1) is 6.43. The van der Waals surface area contributed by atoms with E-state index in [0.29, 0.717) is 6.07 Å². The fourth-order valence-electron chi connectivity index (χ4n) is 0.969. The van der Waals surface area contributed by atoms with Crippen LogP contribution in [-0.2, 0) is 0 Å². The number of carbonyl (C=O) groups excluding carboxylic acids is 1. The van der Waals surface area contributed by atoms with Gasteiger partial charge < -0.3 is 10.7 Å². The van der Waals surface area contributed by atoms with Crippen molar-refractivity contribution in [3.05, 3.63) is 32.7 Å². The lowest BCUT2D eigenvalue weighted by molar-refractivity contribution is 0.0985. The smallest absolute Gasteiger partial charge is 0.264 e. The molecule has 0 aliphatic rings. The maximum Gasteiger partial charge on any atom is 0.264 e. The van der Waals surface area contributed by atoms with Crippen LogP contribution in [0.5, 0.6) is 0 Å². The van der Waals surface area contributed by atoms with Crippen molar-refractivity contribution in [3.63, 3.8) is 0 Å². The van der Waals surface area contributed by atoms with Gasteiger partial charge in [0.15, 0.2) is 0 Å². The molecule has 4 nitrogen and oxygen atoms in total. The first-order valence-electron chi connectivity index (χ1n) is 3.44. The first kappa shape index (κ1) is 10.6. The summed E-state index contributed by atoms with van der Waals surface area (Å²) < 4.78 is 24.7. The molecule has 1 aromatic heterocycles. The van der Waals surface area contributed by atoms with Gasteiger partial charge in [-0.25, -0.2) is 8.78 Å². The monoisotopic (exact) mass is 222 g/mol. The number of primary amides is 1. The van der Waals surface area contributed by atoms with Gasteiger partial charge >= 0.3 is 0 Å². The minimum Gasteiger partial charge on any atom is -0.365 e. The summed E-state index contributed by atoms with van der Waals surface area (Å²) in [5.41, 5.74) is 2.70. The van der Waals surface area contributed by atoms with Gasteiger partial charge in [0.05, 0.1) is 5.56 Å². The van der Waals surface area contributed by atoms with Crippen molar-refractivity contribution in [1.29, 1.82) is 0 Å². The van der Waals surface area contributed by atoms with Crippen LogP contribution >= 0.6 is 11.6 Å². The third-order valence-electron chi connectivity index (χ3n) is 1.51. The number of aromatic nitrogens is 1. The second-order valence-corrected chi connectivity index (χ2v) is 2.82. The van der Waals surface area contributed by atoms with Crippen LogP contribution < -0.4 is 11.3 Å². The normalized spacial score (nSPS) is 10.6. The molecule has 0 saturated carbocycles. The summed E-state index contributed by atoms with van der Waals surface area (Å²) in [5.74, 6) is -1.11. The van der Waals surface area contributed by atoms with E-state index >= 15 is 0 Å². The lowest BCUT2D eigenvalue weighted by Crippen LogP contribution is -2.19. The SMILES string of the molecule is NC(=O)c1c(C(F)F)cc(=O)[nH]c1Cl. The number of nitrogens with two attached hydrogens (primary N) is 1. The molecule has 0 fully saturated rings. The van der Waals surface area contributed by atoms with E-state index in [1.54, 1.807) is 0 Å². The quantitative estimate of drug-likeness (QED) is 0.735. The van der Waals surface area contributed by atoms with Crippen molar-refractivity contribution in [2.75, 3.05) is 0 Å². The Labute approximate surface area is 81.7 Å². The molecule has 0 aromatic carbocycles. The minimum absolute atomic E-state index is 0.472. The van der Waals surface area contributed by atoms with Crippen molar-refractivity contribution in [2.45, 2.75) is 6.43 Å². The van der Waals surface area contributed by atoms with Crippen LogP contribution in [0.2, 0.25) is 5.15 Å². The van der Waals surface area contributed by atoms with Crippen LogP contribution in [0, 0.1) is 0 Å².